The largest absolute Gasteiger partial charge is 0.378 e. The minimum Gasteiger partial charge on any atom is -0.378 e. The van der Waals surface area contributed by atoms with Crippen molar-refractivity contribution in [1.82, 2.24) is 10.3 Å². The zero-order valence-electron chi connectivity index (χ0n) is 9.36. The molecule has 1 fully saturated rings. The topological polar surface area (TPSA) is 51.2 Å². The number of carbonyl (C=O) groups excluding carboxylic acids is 1. The van der Waals surface area contributed by atoms with Gasteiger partial charge in [0.2, 0.25) is 5.91 Å². The number of thiazole rings is 1. The van der Waals surface area contributed by atoms with E-state index in [2.05, 4.69) is 10.3 Å². The van der Waals surface area contributed by atoms with Crippen LogP contribution in [0, 0.1) is 5.92 Å². The third-order valence-corrected chi connectivity index (χ3v) is 3.37. The summed E-state index contributed by atoms with van der Waals surface area (Å²) < 4.78 is 5.00. The number of hydrogen-bond acceptors (Lipinski definition) is 4. The number of hydrogen-bond donors (Lipinski definition) is 1. The van der Waals surface area contributed by atoms with Crippen molar-refractivity contribution >= 4 is 17.2 Å². The van der Waals surface area contributed by atoms with Gasteiger partial charge in [0.1, 0.15) is 5.01 Å². The molecule has 0 bridgehead atoms. The molecule has 88 valence electrons. The standard InChI is InChI=1S/C11H16N2O2S/c1-15-6-10-13-9(7-16-10)4-5-12-11(14)8-2-3-8/h7-8H,2-6H2,1H3,(H,12,14). The molecule has 1 aliphatic carbocycles. The van der Waals surface area contributed by atoms with Crippen LogP contribution in [0.15, 0.2) is 5.38 Å². The van der Waals surface area contributed by atoms with Crippen molar-refractivity contribution in [3.63, 3.8) is 0 Å². The van der Waals surface area contributed by atoms with Gasteiger partial charge in [0, 0.05) is 31.4 Å². The summed E-state index contributed by atoms with van der Waals surface area (Å²) in [5, 5.41) is 5.95. The molecular formula is C11H16N2O2S. The van der Waals surface area contributed by atoms with E-state index in [0.29, 0.717) is 19.1 Å². The van der Waals surface area contributed by atoms with E-state index in [1.54, 1.807) is 18.4 Å². The zero-order chi connectivity index (χ0) is 11.4. The molecule has 0 unspecified atom stereocenters. The average molecular weight is 240 g/mol. The van der Waals surface area contributed by atoms with Crippen LogP contribution in [0.1, 0.15) is 23.5 Å². The summed E-state index contributed by atoms with van der Waals surface area (Å²) >= 11 is 1.60. The van der Waals surface area contributed by atoms with Gasteiger partial charge in [0.15, 0.2) is 0 Å². The van der Waals surface area contributed by atoms with E-state index in [1.165, 1.54) is 0 Å². The Morgan fingerprint density at radius 1 is 1.69 bits per heavy atom. The van der Waals surface area contributed by atoms with Crippen LogP contribution < -0.4 is 5.32 Å². The third-order valence-electron chi connectivity index (χ3n) is 2.50. The van der Waals surface area contributed by atoms with E-state index in [1.807, 2.05) is 5.38 Å². The maximum atomic E-state index is 11.4. The summed E-state index contributed by atoms with van der Waals surface area (Å²) in [5.74, 6) is 0.492. The fraction of sp³-hybridized carbons (Fsp3) is 0.636. The number of nitrogens with one attached hydrogen (secondary N) is 1. The van der Waals surface area contributed by atoms with Crippen molar-refractivity contribution in [2.45, 2.75) is 25.9 Å². The molecule has 1 aromatic rings. The Balaban J connectivity index is 1.69. The van der Waals surface area contributed by atoms with Crippen molar-refractivity contribution in [2.24, 2.45) is 5.92 Å². The molecule has 4 nitrogen and oxygen atoms in total. The number of amides is 1. The Morgan fingerprint density at radius 3 is 3.19 bits per heavy atom. The van der Waals surface area contributed by atoms with Crippen molar-refractivity contribution in [3.05, 3.63) is 16.1 Å². The highest BCUT2D eigenvalue weighted by atomic mass is 32.1. The highest BCUT2D eigenvalue weighted by molar-refractivity contribution is 7.09. The van der Waals surface area contributed by atoms with Gasteiger partial charge in [0.25, 0.3) is 0 Å². The normalized spacial score (nSPS) is 15.1. The lowest BCUT2D eigenvalue weighted by Crippen LogP contribution is -2.26. The number of rotatable bonds is 6. The van der Waals surface area contributed by atoms with E-state index < -0.39 is 0 Å². The second-order valence-corrected chi connectivity index (χ2v) is 4.92. The van der Waals surface area contributed by atoms with Crippen LogP contribution in [-0.2, 0) is 22.6 Å². The first-order valence-electron chi connectivity index (χ1n) is 5.49. The van der Waals surface area contributed by atoms with Gasteiger partial charge in [-0.15, -0.1) is 11.3 Å². The average Bonchev–Trinajstić information content (AvgIpc) is 3.02. The van der Waals surface area contributed by atoms with Crippen molar-refractivity contribution in [1.29, 1.82) is 0 Å². The lowest BCUT2D eigenvalue weighted by Gasteiger charge is -2.01. The second-order valence-electron chi connectivity index (χ2n) is 3.98. The van der Waals surface area contributed by atoms with Crippen LogP contribution in [0.25, 0.3) is 0 Å². The number of aromatic nitrogens is 1. The first-order chi connectivity index (χ1) is 7.79. The van der Waals surface area contributed by atoms with Crippen LogP contribution in [0.5, 0.6) is 0 Å². The molecule has 1 amide bonds. The van der Waals surface area contributed by atoms with Crippen molar-refractivity contribution in [3.8, 4) is 0 Å². The summed E-state index contributed by atoms with van der Waals surface area (Å²) in [5.41, 5.74) is 1.04. The Hall–Kier alpha value is -0.940. The Labute approximate surface area is 99.0 Å². The third kappa shape index (κ3) is 3.28. The van der Waals surface area contributed by atoms with Gasteiger partial charge in [-0.05, 0) is 12.8 Å². The smallest absolute Gasteiger partial charge is 0.223 e. The number of carbonyl (C=O) groups is 1. The molecule has 0 spiro atoms. The molecule has 1 heterocycles. The Bertz CT molecular complexity index is 361. The van der Waals surface area contributed by atoms with E-state index >= 15 is 0 Å². The lowest BCUT2D eigenvalue weighted by molar-refractivity contribution is -0.122. The second kappa shape index (κ2) is 5.41. The fourth-order valence-corrected chi connectivity index (χ4v) is 2.26. The van der Waals surface area contributed by atoms with Gasteiger partial charge >= 0.3 is 0 Å². The molecular weight excluding hydrogens is 224 g/mol. The monoisotopic (exact) mass is 240 g/mol. The number of nitrogens with zero attached hydrogens (tertiary/aromatic N) is 1. The van der Waals surface area contributed by atoms with E-state index in [0.717, 1.165) is 30.0 Å². The van der Waals surface area contributed by atoms with Gasteiger partial charge in [-0.25, -0.2) is 4.98 Å². The van der Waals surface area contributed by atoms with Crippen LogP contribution in [0.4, 0.5) is 0 Å². The highest BCUT2D eigenvalue weighted by Crippen LogP contribution is 2.28. The van der Waals surface area contributed by atoms with Gasteiger partial charge in [0.05, 0.1) is 12.3 Å². The maximum Gasteiger partial charge on any atom is 0.223 e. The van der Waals surface area contributed by atoms with Crippen molar-refractivity contribution in [2.75, 3.05) is 13.7 Å². The molecule has 5 heteroatoms. The lowest BCUT2D eigenvalue weighted by atomic mass is 10.3. The fourth-order valence-electron chi connectivity index (χ4n) is 1.46. The molecule has 0 atom stereocenters. The molecule has 0 aromatic carbocycles. The molecule has 0 aliphatic heterocycles. The van der Waals surface area contributed by atoms with E-state index in [4.69, 9.17) is 4.74 Å². The molecule has 0 radical (unpaired) electrons. The summed E-state index contributed by atoms with van der Waals surface area (Å²) in [7, 11) is 1.66. The minimum atomic E-state index is 0.201. The van der Waals surface area contributed by atoms with Crippen LogP contribution in [-0.4, -0.2) is 24.5 Å². The molecule has 1 saturated carbocycles. The molecule has 1 aliphatic rings. The minimum absolute atomic E-state index is 0.201. The Kier molecular flexibility index (Phi) is 3.90. The van der Waals surface area contributed by atoms with Crippen LogP contribution in [0.3, 0.4) is 0 Å². The number of ether oxygens (including phenoxy) is 1. The maximum absolute atomic E-state index is 11.4. The summed E-state index contributed by atoms with van der Waals surface area (Å²) in [4.78, 5) is 15.8. The first kappa shape index (κ1) is 11.5. The SMILES string of the molecule is COCc1nc(CCNC(=O)C2CC2)cs1. The van der Waals surface area contributed by atoms with Gasteiger partial charge < -0.3 is 10.1 Å². The molecule has 16 heavy (non-hydrogen) atoms. The van der Waals surface area contributed by atoms with Gasteiger partial charge in [-0.1, -0.05) is 0 Å². The molecule has 1 aromatic heterocycles. The summed E-state index contributed by atoms with van der Waals surface area (Å²) in [6, 6.07) is 0. The quantitative estimate of drug-likeness (QED) is 0.816. The molecule has 0 saturated heterocycles. The van der Waals surface area contributed by atoms with Crippen LogP contribution >= 0.6 is 11.3 Å². The molecule has 2 rings (SSSR count). The van der Waals surface area contributed by atoms with Gasteiger partial charge in [-0.2, -0.15) is 0 Å². The molecule has 1 N–H and O–H groups in total. The predicted molar refractivity (Wildman–Crippen MR) is 62.3 cm³/mol. The summed E-state index contributed by atoms with van der Waals surface area (Å²) in [6.45, 7) is 1.25. The number of methoxy groups -OCH3 is 1. The zero-order valence-corrected chi connectivity index (χ0v) is 10.2. The summed E-state index contributed by atoms with van der Waals surface area (Å²) in [6.07, 6.45) is 2.92. The highest BCUT2D eigenvalue weighted by Gasteiger charge is 2.28. The van der Waals surface area contributed by atoms with Gasteiger partial charge in [-0.3, -0.25) is 4.79 Å². The van der Waals surface area contributed by atoms with Crippen molar-refractivity contribution < 1.29 is 9.53 Å². The Morgan fingerprint density at radius 2 is 2.50 bits per heavy atom. The predicted octanol–water partition coefficient (Wildman–Crippen LogP) is 1.36. The van der Waals surface area contributed by atoms with E-state index in [-0.39, 0.29) is 5.91 Å². The first-order valence-corrected chi connectivity index (χ1v) is 6.37. The van der Waals surface area contributed by atoms with Crippen LogP contribution in [0.2, 0.25) is 0 Å². The van der Waals surface area contributed by atoms with E-state index in [9.17, 15) is 4.79 Å².